The van der Waals surface area contributed by atoms with Gasteiger partial charge in [0.05, 0.1) is 16.7 Å². The molecule has 0 aromatic heterocycles. The Morgan fingerprint density at radius 2 is 1.75 bits per heavy atom. The number of nitrogens with zero attached hydrogens (tertiary/aromatic N) is 1. The lowest BCUT2D eigenvalue weighted by Crippen LogP contribution is -2.59. The van der Waals surface area contributed by atoms with Crippen molar-refractivity contribution in [3.63, 3.8) is 0 Å². The fourth-order valence-electron chi connectivity index (χ4n) is 7.04. The van der Waals surface area contributed by atoms with Crippen LogP contribution in [0.5, 0.6) is 0 Å². The van der Waals surface area contributed by atoms with Gasteiger partial charge in [-0.05, 0) is 86.3 Å². The number of hydrogen-bond donors (Lipinski definition) is 1. The largest absolute Gasteiger partial charge is 0.330 e. The number of carbonyl (C=O) groups excluding carboxylic acids is 1. The molecule has 3 fully saturated rings. The van der Waals surface area contributed by atoms with E-state index in [1.165, 1.54) is 0 Å². The summed E-state index contributed by atoms with van der Waals surface area (Å²) in [5, 5.41) is 0.949. The van der Waals surface area contributed by atoms with E-state index in [4.69, 9.17) is 23.2 Å². The second-order valence-electron chi connectivity index (χ2n) is 11.9. The van der Waals surface area contributed by atoms with Crippen LogP contribution < -0.4 is 4.72 Å². The summed E-state index contributed by atoms with van der Waals surface area (Å²) in [6.45, 7) is 6.32. The van der Waals surface area contributed by atoms with Gasteiger partial charge in [-0.1, -0.05) is 73.3 Å². The molecule has 1 N–H and O–H groups in total. The van der Waals surface area contributed by atoms with E-state index >= 15 is 0 Å². The second kappa shape index (κ2) is 12.2. The number of benzene rings is 2. The van der Waals surface area contributed by atoms with Crippen LogP contribution in [0.25, 0.3) is 0 Å². The Kier molecular flexibility index (Phi) is 9.01. The van der Waals surface area contributed by atoms with Gasteiger partial charge in [0.2, 0.25) is 15.9 Å². The number of hydrogen-bond acceptors (Lipinski definition) is 3. The number of nitrogens with one attached hydrogen (secondary N) is 1. The summed E-state index contributed by atoms with van der Waals surface area (Å²) in [6.07, 6.45) is 9.01. The van der Waals surface area contributed by atoms with Crippen molar-refractivity contribution in [2.75, 3.05) is 6.54 Å². The Morgan fingerprint density at radius 3 is 2.35 bits per heavy atom. The molecule has 8 heteroatoms. The zero-order valence-electron chi connectivity index (χ0n) is 23.2. The Morgan fingerprint density at radius 1 is 1.05 bits per heavy atom. The second-order valence-corrected chi connectivity index (χ2v) is 14.8. The van der Waals surface area contributed by atoms with Crippen molar-refractivity contribution in [3.8, 4) is 0 Å². The number of amides is 1. The van der Waals surface area contributed by atoms with E-state index in [2.05, 4.69) is 29.2 Å². The van der Waals surface area contributed by atoms with Gasteiger partial charge in [-0.3, -0.25) is 4.79 Å². The van der Waals surface area contributed by atoms with Crippen molar-refractivity contribution < 1.29 is 13.2 Å². The number of halogens is 2. The van der Waals surface area contributed by atoms with Crippen LogP contribution >= 0.6 is 23.2 Å². The Hall–Kier alpha value is -1.86. The maximum atomic E-state index is 14.8. The van der Waals surface area contributed by atoms with Crippen LogP contribution in [0.1, 0.15) is 87.8 Å². The van der Waals surface area contributed by atoms with Crippen LogP contribution in [0.15, 0.2) is 61.2 Å². The van der Waals surface area contributed by atoms with Gasteiger partial charge in [0.15, 0.2) is 0 Å². The Labute approximate surface area is 249 Å². The van der Waals surface area contributed by atoms with Crippen molar-refractivity contribution >= 4 is 39.1 Å². The summed E-state index contributed by atoms with van der Waals surface area (Å²) >= 11 is 12.8. The summed E-state index contributed by atoms with van der Waals surface area (Å²) in [5.41, 5.74) is 1.44. The molecule has 1 saturated heterocycles. The van der Waals surface area contributed by atoms with E-state index in [9.17, 15) is 13.2 Å². The molecule has 2 aromatic carbocycles. The molecular weight excluding hydrogens is 563 g/mol. The van der Waals surface area contributed by atoms with Crippen molar-refractivity contribution in [2.45, 2.75) is 88.0 Å². The third-order valence-electron chi connectivity index (χ3n) is 9.44. The third kappa shape index (κ3) is 6.01. The standard InChI is InChI=1S/C32H40Cl2N2O3S/c1-3-18-32(4-2)20-28(24-8-7-9-26(34)19-24)30(23-14-16-25(33)17-15-23)36(31(32)37)29(22-12-13-22)21-35-40(38,39)27-10-5-6-11-27/h3,7-9,14-17,19,22,27-30,35H,1,4-6,10-13,18,20-21H2,2H3/t28-,29+,30-,32+/m1/s1. The van der Waals surface area contributed by atoms with E-state index in [0.29, 0.717) is 42.1 Å². The van der Waals surface area contributed by atoms with Gasteiger partial charge in [-0.25, -0.2) is 13.1 Å². The van der Waals surface area contributed by atoms with E-state index in [1.54, 1.807) is 0 Å². The van der Waals surface area contributed by atoms with Gasteiger partial charge < -0.3 is 4.90 Å². The molecule has 5 rings (SSSR count). The number of piperidine rings is 1. The molecule has 216 valence electrons. The van der Waals surface area contributed by atoms with Gasteiger partial charge in [-0.2, -0.15) is 0 Å². The third-order valence-corrected chi connectivity index (χ3v) is 11.8. The minimum Gasteiger partial charge on any atom is -0.330 e. The molecular formula is C32H40Cl2N2O3S. The molecule has 2 saturated carbocycles. The molecule has 1 heterocycles. The van der Waals surface area contributed by atoms with Gasteiger partial charge in [-0.15, -0.1) is 6.58 Å². The highest BCUT2D eigenvalue weighted by Crippen LogP contribution is 2.55. The molecule has 0 spiro atoms. The normalized spacial score (nSPS) is 26.7. The summed E-state index contributed by atoms with van der Waals surface area (Å²) in [7, 11) is -3.46. The van der Waals surface area contributed by atoms with E-state index in [1.807, 2.05) is 48.5 Å². The molecule has 0 radical (unpaired) electrons. The highest BCUT2D eigenvalue weighted by atomic mass is 35.5. The highest BCUT2D eigenvalue weighted by molar-refractivity contribution is 7.90. The summed E-state index contributed by atoms with van der Waals surface area (Å²) < 4.78 is 29.5. The van der Waals surface area contributed by atoms with E-state index in [-0.39, 0.29) is 41.6 Å². The molecule has 2 aromatic rings. The smallest absolute Gasteiger partial charge is 0.229 e. The first-order valence-electron chi connectivity index (χ1n) is 14.6. The van der Waals surface area contributed by atoms with Crippen LogP contribution in [0.4, 0.5) is 0 Å². The Bertz CT molecular complexity index is 1320. The first-order valence-corrected chi connectivity index (χ1v) is 16.9. The van der Waals surface area contributed by atoms with E-state index < -0.39 is 15.4 Å². The van der Waals surface area contributed by atoms with Crippen molar-refractivity contribution in [1.29, 1.82) is 0 Å². The lowest BCUT2D eigenvalue weighted by molar-refractivity contribution is -0.156. The fourth-order valence-corrected chi connectivity index (χ4v) is 8.96. The summed E-state index contributed by atoms with van der Waals surface area (Å²) in [6, 6.07) is 15.2. The minimum absolute atomic E-state index is 0.0369. The van der Waals surface area contributed by atoms with Crippen LogP contribution in [0.2, 0.25) is 10.0 Å². The number of sulfonamides is 1. The van der Waals surface area contributed by atoms with Crippen LogP contribution in [-0.4, -0.2) is 37.1 Å². The van der Waals surface area contributed by atoms with Crippen molar-refractivity contribution in [3.05, 3.63) is 82.4 Å². The number of rotatable bonds is 11. The lowest BCUT2D eigenvalue weighted by Gasteiger charge is -2.53. The van der Waals surface area contributed by atoms with Crippen molar-refractivity contribution in [2.24, 2.45) is 11.3 Å². The SMILES string of the molecule is C=CC[C@@]1(CC)C[C@H](c2cccc(Cl)c2)[C@@H](c2ccc(Cl)cc2)N([C@@H](CNS(=O)(=O)C2CCCC2)C2CC2)C1=O. The molecule has 40 heavy (non-hydrogen) atoms. The maximum Gasteiger partial charge on any atom is 0.229 e. The maximum absolute atomic E-state index is 14.8. The molecule has 2 aliphatic carbocycles. The first kappa shape index (κ1) is 29.6. The van der Waals surface area contributed by atoms with Crippen LogP contribution in [0, 0.1) is 11.3 Å². The van der Waals surface area contributed by atoms with Gasteiger partial charge in [0, 0.05) is 28.5 Å². The molecule has 4 atom stereocenters. The molecule has 0 bridgehead atoms. The molecule has 5 nitrogen and oxygen atoms in total. The molecule has 1 aliphatic heterocycles. The summed E-state index contributed by atoms with van der Waals surface area (Å²) in [5.74, 6) is 0.302. The minimum atomic E-state index is -3.46. The van der Waals surface area contributed by atoms with Crippen molar-refractivity contribution in [1.82, 2.24) is 9.62 Å². The predicted molar refractivity (Wildman–Crippen MR) is 163 cm³/mol. The molecule has 3 aliphatic rings. The number of likely N-dealkylation sites (tertiary alicyclic amines) is 1. The predicted octanol–water partition coefficient (Wildman–Crippen LogP) is 7.66. The topological polar surface area (TPSA) is 66.5 Å². The van der Waals surface area contributed by atoms with Gasteiger partial charge in [0.1, 0.15) is 0 Å². The highest BCUT2D eigenvalue weighted by Gasteiger charge is 2.54. The fraction of sp³-hybridized carbons (Fsp3) is 0.531. The quantitative estimate of drug-likeness (QED) is 0.268. The van der Waals surface area contributed by atoms with Gasteiger partial charge >= 0.3 is 0 Å². The Balaban J connectivity index is 1.62. The molecule has 0 unspecified atom stereocenters. The zero-order chi connectivity index (χ0) is 28.5. The average molecular weight is 604 g/mol. The lowest BCUT2D eigenvalue weighted by atomic mass is 9.65. The number of carbonyl (C=O) groups is 1. The van der Waals surface area contributed by atoms with Crippen LogP contribution in [-0.2, 0) is 14.8 Å². The number of allylic oxidation sites excluding steroid dienone is 1. The van der Waals surface area contributed by atoms with Gasteiger partial charge in [0.25, 0.3) is 0 Å². The average Bonchev–Trinajstić information content (AvgIpc) is 3.61. The monoisotopic (exact) mass is 602 g/mol. The first-order chi connectivity index (χ1) is 19.2. The zero-order valence-corrected chi connectivity index (χ0v) is 25.5. The van der Waals surface area contributed by atoms with Crippen LogP contribution in [0.3, 0.4) is 0 Å². The summed E-state index contributed by atoms with van der Waals surface area (Å²) in [4.78, 5) is 16.8. The molecule has 1 amide bonds. The van der Waals surface area contributed by atoms with E-state index in [0.717, 1.165) is 36.8 Å².